The summed E-state index contributed by atoms with van der Waals surface area (Å²) in [5.74, 6) is 0. The number of benzene rings is 2. The zero-order valence-corrected chi connectivity index (χ0v) is 17.7. The Morgan fingerprint density at radius 3 is 1.85 bits per heavy atom. The third-order valence-corrected chi connectivity index (χ3v) is 4.58. The van der Waals surface area contributed by atoms with E-state index in [1.54, 1.807) is 26.0 Å². The highest BCUT2D eigenvalue weighted by Gasteiger charge is 2.34. The predicted molar refractivity (Wildman–Crippen MR) is 108 cm³/mol. The van der Waals surface area contributed by atoms with Crippen molar-refractivity contribution in [3.05, 3.63) is 58.7 Å². The lowest BCUT2D eigenvalue weighted by Crippen LogP contribution is -2.40. The van der Waals surface area contributed by atoms with Gasteiger partial charge < -0.3 is 4.90 Å². The van der Waals surface area contributed by atoms with E-state index in [1.165, 1.54) is 0 Å². The van der Waals surface area contributed by atoms with Crippen molar-refractivity contribution in [2.45, 2.75) is 26.2 Å². The minimum absolute atomic E-state index is 0.106. The molecular formula is C21H16F6N6O. The number of nitriles is 2. The molecule has 0 spiro atoms. The van der Waals surface area contributed by atoms with E-state index in [9.17, 15) is 41.7 Å². The second-order valence-corrected chi connectivity index (χ2v) is 6.64. The molecule has 13 heteroatoms. The second-order valence-electron chi connectivity index (χ2n) is 6.64. The quantitative estimate of drug-likeness (QED) is 0.279. The van der Waals surface area contributed by atoms with Crippen molar-refractivity contribution in [3.63, 3.8) is 0 Å². The highest BCUT2D eigenvalue weighted by atomic mass is 19.4. The number of nitrogens with zero attached hydrogens (tertiary/aromatic N) is 6. The van der Waals surface area contributed by atoms with Crippen LogP contribution in [0.25, 0.3) is 0 Å². The molecule has 2 amide bonds. The number of rotatable bonds is 5. The average Bonchev–Trinajstić information content (AvgIpc) is 2.78. The molecule has 2 aromatic rings. The van der Waals surface area contributed by atoms with E-state index in [4.69, 9.17) is 0 Å². The van der Waals surface area contributed by atoms with Crippen molar-refractivity contribution >= 4 is 17.4 Å². The minimum Gasteiger partial charge on any atom is -0.323 e. The molecule has 178 valence electrons. The summed E-state index contributed by atoms with van der Waals surface area (Å²) in [6, 6.07) is 6.30. The van der Waals surface area contributed by atoms with Crippen LogP contribution < -0.4 is 5.01 Å². The van der Waals surface area contributed by atoms with E-state index in [2.05, 4.69) is 10.3 Å². The minimum atomic E-state index is -4.82. The van der Waals surface area contributed by atoms with Crippen molar-refractivity contribution in [2.75, 3.05) is 18.1 Å². The zero-order valence-electron chi connectivity index (χ0n) is 17.7. The summed E-state index contributed by atoms with van der Waals surface area (Å²) in [4.78, 5) is 14.2. The van der Waals surface area contributed by atoms with E-state index < -0.39 is 40.9 Å². The first-order chi connectivity index (χ1) is 15.9. The maximum absolute atomic E-state index is 13.3. The fourth-order valence-corrected chi connectivity index (χ4v) is 2.77. The van der Waals surface area contributed by atoms with E-state index in [0.717, 1.165) is 17.0 Å². The lowest BCUT2D eigenvalue weighted by atomic mass is 10.1. The van der Waals surface area contributed by atoms with Crippen LogP contribution in [0.1, 0.15) is 36.1 Å². The van der Waals surface area contributed by atoms with Gasteiger partial charge in [0.1, 0.15) is 17.8 Å². The van der Waals surface area contributed by atoms with Crippen LogP contribution in [0.2, 0.25) is 0 Å². The molecule has 2 aromatic carbocycles. The molecule has 0 aliphatic carbocycles. The molecule has 0 heterocycles. The molecule has 0 saturated carbocycles. The Morgan fingerprint density at radius 2 is 1.38 bits per heavy atom. The first kappa shape index (κ1) is 26.1. The van der Waals surface area contributed by atoms with E-state index in [0.29, 0.717) is 29.3 Å². The molecular weight excluding hydrogens is 466 g/mol. The van der Waals surface area contributed by atoms with Crippen LogP contribution in [0.15, 0.2) is 46.7 Å². The van der Waals surface area contributed by atoms with Gasteiger partial charge in [-0.15, -0.1) is 5.11 Å². The van der Waals surface area contributed by atoms with Gasteiger partial charge in [-0.3, -0.25) is 0 Å². The van der Waals surface area contributed by atoms with Gasteiger partial charge in [0.2, 0.25) is 0 Å². The Labute approximate surface area is 190 Å². The molecule has 0 N–H and O–H groups in total. The number of hydrogen-bond acceptors (Lipinski definition) is 5. The largest absolute Gasteiger partial charge is 0.416 e. The lowest BCUT2D eigenvalue weighted by Gasteiger charge is -2.25. The number of halogens is 6. The van der Waals surface area contributed by atoms with Gasteiger partial charge in [0.15, 0.2) is 0 Å². The highest BCUT2D eigenvalue weighted by molar-refractivity contribution is 5.92. The van der Waals surface area contributed by atoms with Crippen LogP contribution in [-0.2, 0) is 12.4 Å². The van der Waals surface area contributed by atoms with Gasteiger partial charge in [0.25, 0.3) is 0 Å². The van der Waals surface area contributed by atoms with Gasteiger partial charge in [-0.25, -0.2) is 4.79 Å². The van der Waals surface area contributed by atoms with Gasteiger partial charge in [0, 0.05) is 13.1 Å². The van der Waals surface area contributed by atoms with Crippen molar-refractivity contribution in [1.29, 1.82) is 10.5 Å². The Bertz CT molecular complexity index is 1170. The molecule has 2 rings (SSSR count). The Balaban J connectivity index is 2.73. The normalized spacial score (nSPS) is 11.7. The third kappa shape index (κ3) is 5.81. The Hall–Kier alpha value is -4.13. The molecule has 0 saturated heterocycles. The van der Waals surface area contributed by atoms with Crippen molar-refractivity contribution < 1.29 is 31.1 Å². The van der Waals surface area contributed by atoms with Gasteiger partial charge in [0.05, 0.1) is 27.9 Å². The Morgan fingerprint density at radius 1 is 0.882 bits per heavy atom. The number of hydrogen-bond donors (Lipinski definition) is 0. The summed E-state index contributed by atoms with van der Waals surface area (Å²) in [6.45, 7) is 3.37. The maximum atomic E-state index is 13.3. The molecule has 0 aliphatic heterocycles. The van der Waals surface area contributed by atoms with E-state index in [-0.39, 0.29) is 24.2 Å². The molecule has 0 aliphatic rings. The summed E-state index contributed by atoms with van der Waals surface area (Å²) >= 11 is 0. The predicted octanol–water partition coefficient (Wildman–Crippen LogP) is 6.43. The van der Waals surface area contributed by atoms with Crippen LogP contribution in [0.5, 0.6) is 0 Å². The molecule has 0 unspecified atom stereocenters. The van der Waals surface area contributed by atoms with Crippen LogP contribution in [0.4, 0.5) is 42.5 Å². The molecule has 0 bridgehead atoms. The highest BCUT2D eigenvalue weighted by Crippen LogP contribution is 2.36. The average molecular weight is 482 g/mol. The SMILES string of the molecule is CCN(CC)C(=O)N(/N=N/c1cc(C(F)(F)F)ccc1C#N)c1cc(C(F)(F)F)ccc1C#N. The number of alkyl halides is 6. The number of anilines is 1. The smallest absolute Gasteiger partial charge is 0.323 e. The van der Waals surface area contributed by atoms with Crippen LogP contribution in [-0.4, -0.2) is 24.0 Å². The number of urea groups is 1. The van der Waals surface area contributed by atoms with E-state index >= 15 is 0 Å². The van der Waals surface area contributed by atoms with Crippen molar-refractivity contribution in [2.24, 2.45) is 10.3 Å². The summed E-state index contributed by atoms with van der Waals surface area (Å²) in [5.41, 5.74) is -4.18. The molecule has 0 aromatic heterocycles. The van der Waals surface area contributed by atoms with Crippen LogP contribution in [0.3, 0.4) is 0 Å². The van der Waals surface area contributed by atoms with Crippen LogP contribution >= 0.6 is 0 Å². The lowest BCUT2D eigenvalue weighted by molar-refractivity contribution is -0.138. The maximum Gasteiger partial charge on any atom is 0.416 e. The first-order valence-electron chi connectivity index (χ1n) is 9.60. The van der Waals surface area contributed by atoms with Gasteiger partial charge in [-0.05, 0) is 50.2 Å². The molecule has 34 heavy (non-hydrogen) atoms. The van der Waals surface area contributed by atoms with Gasteiger partial charge in [-0.2, -0.15) is 41.9 Å². The number of carbonyl (C=O) groups excluding carboxylic acids is 1. The molecule has 0 radical (unpaired) electrons. The summed E-state index contributed by atoms with van der Waals surface area (Å²) in [5, 5.41) is 26.1. The monoisotopic (exact) mass is 482 g/mol. The summed E-state index contributed by atoms with van der Waals surface area (Å²) in [7, 11) is 0. The van der Waals surface area contributed by atoms with E-state index in [1.807, 2.05) is 0 Å². The van der Waals surface area contributed by atoms with Crippen LogP contribution in [0, 0.1) is 22.7 Å². The fraction of sp³-hybridized carbons (Fsp3) is 0.286. The number of carbonyl (C=O) groups is 1. The number of amides is 2. The van der Waals surface area contributed by atoms with Crippen molar-refractivity contribution in [1.82, 2.24) is 4.90 Å². The molecule has 7 nitrogen and oxygen atoms in total. The van der Waals surface area contributed by atoms with Gasteiger partial charge >= 0.3 is 18.4 Å². The zero-order chi connectivity index (χ0) is 25.7. The summed E-state index contributed by atoms with van der Waals surface area (Å²) in [6.07, 6.45) is -9.59. The first-order valence-corrected chi connectivity index (χ1v) is 9.60. The fourth-order valence-electron chi connectivity index (χ4n) is 2.77. The third-order valence-electron chi connectivity index (χ3n) is 4.58. The molecule has 0 atom stereocenters. The van der Waals surface area contributed by atoms with Gasteiger partial charge in [-0.1, -0.05) is 5.22 Å². The summed E-state index contributed by atoms with van der Waals surface area (Å²) < 4.78 is 79.1. The Kier molecular flexibility index (Phi) is 7.84. The standard InChI is InChI=1S/C21H16F6N6O/c1-3-32(4-2)19(34)33(18-10-16(21(25,26)27)8-6-14(18)12-29)31-30-17-9-15(20(22,23)24)7-5-13(17)11-28/h5-10H,3-4H2,1-2H3/b31-30+. The molecule has 0 fully saturated rings. The van der Waals surface area contributed by atoms with Crippen molar-refractivity contribution in [3.8, 4) is 12.1 Å². The topological polar surface area (TPSA) is 95.8 Å². The second kappa shape index (κ2) is 10.2.